The zero-order chi connectivity index (χ0) is 15.8. The lowest BCUT2D eigenvalue weighted by atomic mass is 10.0. The highest BCUT2D eigenvalue weighted by molar-refractivity contribution is 7.89. The number of rotatable bonds is 3. The van der Waals surface area contributed by atoms with Crippen LogP contribution in [-0.4, -0.2) is 29.9 Å². The number of aliphatic hydroxyl groups excluding tert-OH is 1. The van der Waals surface area contributed by atoms with Crippen LogP contribution < -0.4 is 0 Å². The van der Waals surface area contributed by atoms with Crippen LogP contribution in [0.3, 0.4) is 0 Å². The summed E-state index contributed by atoms with van der Waals surface area (Å²) in [5.41, 5.74) is -0.617. The molecule has 0 radical (unpaired) electrons. The van der Waals surface area contributed by atoms with E-state index in [-0.39, 0.29) is 12.1 Å². The predicted molar refractivity (Wildman–Crippen MR) is 74.1 cm³/mol. The fourth-order valence-corrected chi connectivity index (χ4v) is 4.88. The van der Waals surface area contributed by atoms with Gasteiger partial charge < -0.3 is 5.11 Å². The van der Waals surface area contributed by atoms with E-state index in [0.717, 1.165) is 18.6 Å². The Hall–Kier alpha value is -1.05. The van der Waals surface area contributed by atoms with Crippen LogP contribution in [0, 0.1) is 11.6 Å². The number of nitrogens with zero attached hydrogens (tertiary/aromatic N) is 1. The van der Waals surface area contributed by atoms with Gasteiger partial charge in [-0.2, -0.15) is 4.31 Å². The summed E-state index contributed by atoms with van der Waals surface area (Å²) >= 11 is 0. The smallest absolute Gasteiger partial charge is 0.246 e. The summed E-state index contributed by atoms with van der Waals surface area (Å²) in [7, 11) is -4.06. The Balaban J connectivity index is 2.54. The minimum absolute atomic E-state index is 0.235. The standard InChI is InChI=1S/C14H19F2NO3S/c1-9-4-3-5-10(2)17(9)21(19,20)13-7-6-12(15)11(8-18)14(13)16/h6-7,9-10,18H,3-5,8H2,1-2H3. The number of hydrogen-bond acceptors (Lipinski definition) is 3. The molecule has 1 aromatic carbocycles. The lowest BCUT2D eigenvalue weighted by molar-refractivity contribution is 0.203. The van der Waals surface area contributed by atoms with Gasteiger partial charge in [0.15, 0.2) is 5.82 Å². The second kappa shape index (κ2) is 5.98. The number of piperidine rings is 1. The van der Waals surface area contributed by atoms with Crippen LogP contribution in [0.25, 0.3) is 0 Å². The average Bonchev–Trinajstić information content (AvgIpc) is 2.38. The molecule has 1 N–H and O–H groups in total. The zero-order valence-electron chi connectivity index (χ0n) is 12.0. The Morgan fingerprint density at radius 2 is 1.81 bits per heavy atom. The molecule has 21 heavy (non-hydrogen) atoms. The molecule has 1 fully saturated rings. The van der Waals surface area contributed by atoms with Gasteiger partial charge in [0.05, 0.1) is 12.2 Å². The molecule has 0 spiro atoms. The largest absolute Gasteiger partial charge is 0.391 e. The van der Waals surface area contributed by atoms with Crippen molar-refractivity contribution in [2.24, 2.45) is 0 Å². The molecule has 0 bridgehead atoms. The van der Waals surface area contributed by atoms with Crippen molar-refractivity contribution >= 4 is 10.0 Å². The Bertz CT molecular complexity index is 623. The quantitative estimate of drug-likeness (QED) is 0.931. The third-order valence-corrected chi connectivity index (χ3v) is 6.12. The Morgan fingerprint density at radius 3 is 2.33 bits per heavy atom. The Kier molecular flexibility index (Phi) is 4.65. The van der Waals surface area contributed by atoms with E-state index in [1.54, 1.807) is 13.8 Å². The molecule has 1 saturated heterocycles. The van der Waals surface area contributed by atoms with Crippen LogP contribution in [0.1, 0.15) is 38.7 Å². The molecule has 1 aliphatic rings. The van der Waals surface area contributed by atoms with Gasteiger partial charge in [0.2, 0.25) is 10.0 Å². The van der Waals surface area contributed by atoms with Crippen LogP contribution in [0.5, 0.6) is 0 Å². The number of hydrogen-bond donors (Lipinski definition) is 1. The third kappa shape index (κ3) is 2.82. The van der Waals surface area contributed by atoms with Gasteiger partial charge in [-0.3, -0.25) is 0 Å². The summed E-state index contributed by atoms with van der Waals surface area (Å²) in [5.74, 6) is -2.16. The number of aliphatic hydroxyl groups is 1. The molecule has 1 aromatic rings. The van der Waals surface area contributed by atoms with Gasteiger partial charge in [0.1, 0.15) is 10.7 Å². The molecule has 118 valence electrons. The minimum atomic E-state index is -4.06. The molecule has 1 aliphatic heterocycles. The highest BCUT2D eigenvalue weighted by atomic mass is 32.2. The molecular weight excluding hydrogens is 300 g/mol. The first-order valence-corrected chi connectivity index (χ1v) is 8.36. The van der Waals surface area contributed by atoms with E-state index in [2.05, 4.69) is 0 Å². The predicted octanol–water partition coefficient (Wildman–Crippen LogP) is 2.41. The van der Waals surface area contributed by atoms with Crippen LogP contribution >= 0.6 is 0 Å². The molecular formula is C14H19F2NO3S. The van der Waals surface area contributed by atoms with E-state index in [0.29, 0.717) is 12.8 Å². The van der Waals surface area contributed by atoms with Gasteiger partial charge in [-0.15, -0.1) is 0 Å². The fraction of sp³-hybridized carbons (Fsp3) is 0.571. The van der Waals surface area contributed by atoms with Crippen LogP contribution in [0.2, 0.25) is 0 Å². The topological polar surface area (TPSA) is 57.6 Å². The molecule has 0 aliphatic carbocycles. The first kappa shape index (κ1) is 16.3. The van der Waals surface area contributed by atoms with Gasteiger partial charge in [-0.25, -0.2) is 17.2 Å². The van der Waals surface area contributed by atoms with E-state index in [1.165, 1.54) is 4.31 Å². The maximum absolute atomic E-state index is 14.2. The van der Waals surface area contributed by atoms with Crippen molar-refractivity contribution in [2.75, 3.05) is 0 Å². The van der Waals surface area contributed by atoms with Crippen molar-refractivity contribution < 1.29 is 22.3 Å². The highest BCUT2D eigenvalue weighted by Crippen LogP contribution is 2.31. The first-order chi connectivity index (χ1) is 9.80. The number of benzene rings is 1. The summed E-state index contributed by atoms with van der Waals surface area (Å²) in [6.45, 7) is 2.68. The lowest BCUT2D eigenvalue weighted by Crippen LogP contribution is -2.47. The molecule has 2 atom stereocenters. The van der Waals surface area contributed by atoms with E-state index >= 15 is 0 Å². The molecule has 2 unspecified atom stereocenters. The van der Waals surface area contributed by atoms with E-state index in [4.69, 9.17) is 5.11 Å². The van der Waals surface area contributed by atoms with Gasteiger partial charge in [0, 0.05) is 12.1 Å². The van der Waals surface area contributed by atoms with Crippen molar-refractivity contribution in [1.29, 1.82) is 0 Å². The van der Waals surface area contributed by atoms with Crippen molar-refractivity contribution in [3.05, 3.63) is 29.3 Å². The molecule has 7 heteroatoms. The van der Waals surface area contributed by atoms with Crippen molar-refractivity contribution in [3.63, 3.8) is 0 Å². The summed E-state index contributed by atoms with van der Waals surface area (Å²) < 4.78 is 54.3. The van der Waals surface area contributed by atoms with Gasteiger partial charge >= 0.3 is 0 Å². The van der Waals surface area contributed by atoms with Gasteiger partial charge in [-0.05, 0) is 38.8 Å². The SMILES string of the molecule is CC1CCCC(C)N1S(=O)(=O)c1ccc(F)c(CO)c1F. The molecule has 0 saturated carbocycles. The zero-order valence-corrected chi connectivity index (χ0v) is 12.8. The van der Waals surface area contributed by atoms with Gasteiger partial charge in [-0.1, -0.05) is 6.42 Å². The minimum Gasteiger partial charge on any atom is -0.391 e. The molecule has 1 heterocycles. The fourth-order valence-electron chi connectivity index (χ4n) is 2.91. The summed E-state index contributed by atoms with van der Waals surface area (Å²) in [5, 5.41) is 9.02. The highest BCUT2D eigenvalue weighted by Gasteiger charge is 2.37. The summed E-state index contributed by atoms with van der Waals surface area (Å²) in [6, 6.07) is 1.33. The third-order valence-electron chi connectivity index (χ3n) is 3.98. The molecule has 4 nitrogen and oxygen atoms in total. The molecule has 0 amide bonds. The average molecular weight is 319 g/mol. The summed E-state index contributed by atoms with van der Waals surface area (Å²) in [4.78, 5) is -0.575. The van der Waals surface area contributed by atoms with Crippen molar-refractivity contribution in [3.8, 4) is 0 Å². The van der Waals surface area contributed by atoms with Crippen LogP contribution in [0.15, 0.2) is 17.0 Å². The molecule has 0 aromatic heterocycles. The monoisotopic (exact) mass is 319 g/mol. The lowest BCUT2D eigenvalue weighted by Gasteiger charge is -2.37. The van der Waals surface area contributed by atoms with Crippen LogP contribution in [-0.2, 0) is 16.6 Å². The van der Waals surface area contributed by atoms with Gasteiger partial charge in [0.25, 0.3) is 0 Å². The van der Waals surface area contributed by atoms with Crippen molar-refractivity contribution in [2.45, 2.75) is 56.7 Å². The maximum Gasteiger partial charge on any atom is 0.246 e. The van der Waals surface area contributed by atoms with E-state index < -0.39 is 38.7 Å². The van der Waals surface area contributed by atoms with E-state index in [1.807, 2.05) is 0 Å². The van der Waals surface area contributed by atoms with Crippen LogP contribution in [0.4, 0.5) is 8.78 Å². The number of sulfonamides is 1. The van der Waals surface area contributed by atoms with E-state index in [9.17, 15) is 17.2 Å². The maximum atomic E-state index is 14.2. The summed E-state index contributed by atoms with van der Waals surface area (Å²) in [6.07, 6.45) is 2.33. The molecule has 2 rings (SSSR count). The normalized spacial score (nSPS) is 24.2. The Labute approximate surface area is 123 Å². The second-order valence-corrected chi connectivity index (χ2v) is 7.27. The second-order valence-electron chi connectivity index (χ2n) is 5.46. The van der Waals surface area contributed by atoms with Crippen molar-refractivity contribution in [1.82, 2.24) is 4.31 Å². The number of halogens is 2. The first-order valence-electron chi connectivity index (χ1n) is 6.92. The Morgan fingerprint density at radius 1 is 1.24 bits per heavy atom.